The third-order valence-corrected chi connectivity index (χ3v) is 3.30. The monoisotopic (exact) mass is 270 g/mol. The second kappa shape index (κ2) is 5.81. The number of ether oxygens (including phenoxy) is 2. The first-order valence-electron chi connectivity index (χ1n) is 6.35. The Kier molecular flexibility index (Phi) is 4.36. The van der Waals surface area contributed by atoms with Crippen LogP contribution in [0.1, 0.15) is 38.4 Å². The molecule has 4 heteroatoms. The second-order valence-corrected chi connectivity index (χ2v) is 5.42. The first kappa shape index (κ1) is 13.5. The minimum atomic E-state index is -0.499. The Morgan fingerprint density at radius 3 is 2.67 bits per heavy atom. The van der Waals surface area contributed by atoms with Gasteiger partial charge in [-0.25, -0.2) is 0 Å². The maximum absolute atomic E-state index is 10.1. The van der Waals surface area contributed by atoms with Crippen LogP contribution in [-0.2, 0) is 0 Å². The molecule has 2 rings (SSSR count). The van der Waals surface area contributed by atoms with Crippen molar-refractivity contribution in [3.8, 4) is 11.5 Å². The van der Waals surface area contributed by atoms with Gasteiger partial charge in [0.25, 0.3) is 0 Å². The zero-order valence-corrected chi connectivity index (χ0v) is 11.5. The Labute approximate surface area is 113 Å². The highest BCUT2D eigenvalue weighted by atomic mass is 35.5. The van der Waals surface area contributed by atoms with Gasteiger partial charge in [0.1, 0.15) is 13.2 Å². The average molecular weight is 271 g/mol. The summed E-state index contributed by atoms with van der Waals surface area (Å²) in [5.41, 5.74) is 0.796. The van der Waals surface area contributed by atoms with Crippen molar-refractivity contribution in [2.75, 3.05) is 13.2 Å². The fourth-order valence-corrected chi connectivity index (χ4v) is 2.25. The molecule has 1 N–H and O–H groups in total. The van der Waals surface area contributed by atoms with Crippen LogP contribution in [0.15, 0.2) is 12.1 Å². The molecule has 1 heterocycles. The Hall–Kier alpha value is -0.930. The lowest BCUT2D eigenvalue weighted by Crippen LogP contribution is -2.16. The summed E-state index contributed by atoms with van der Waals surface area (Å²) in [5, 5.41) is 10.6. The Morgan fingerprint density at radius 1 is 1.22 bits per heavy atom. The average Bonchev–Trinajstić information content (AvgIpc) is 2.36. The number of hydrogen-bond acceptors (Lipinski definition) is 3. The molecule has 0 amide bonds. The fraction of sp³-hybridized carbons (Fsp3) is 0.571. The normalized spacial score (nSPS) is 15.8. The van der Waals surface area contributed by atoms with Crippen molar-refractivity contribution in [3.05, 3.63) is 22.7 Å². The van der Waals surface area contributed by atoms with Crippen molar-refractivity contribution >= 4 is 11.6 Å². The standard InChI is InChI=1S/C14H19ClO3/c1-9(2)3-4-12(16)10-7-11(15)14-13(8-10)17-5-6-18-14/h7-9,12,16H,3-6H2,1-2H3. The molecule has 0 aliphatic carbocycles. The van der Waals surface area contributed by atoms with Crippen LogP contribution < -0.4 is 9.47 Å². The van der Waals surface area contributed by atoms with E-state index in [1.807, 2.05) is 6.07 Å². The van der Waals surface area contributed by atoms with Crippen molar-refractivity contribution in [2.45, 2.75) is 32.8 Å². The smallest absolute Gasteiger partial charge is 0.179 e. The molecule has 1 atom stereocenters. The molecule has 1 aromatic rings. The van der Waals surface area contributed by atoms with Gasteiger partial charge in [0.15, 0.2) is 11.5 Å². The quantitative estimate of drug-likeness (QED) is 0.909. The summed E-state index contributed by atoms with van der Waals surface area (Å²) in [7, 11) is 0. The summed E-state index contributed by atoms with van der Waals surface area (Å²) in [6, 6.07) is 3.59. The van der Waals surface area contributed by atoms with Gasteiger partial charge < -0.3 is 14.6 Å². The lowest BCUT2D eigenvalue weighted by molar-refractivity contribution is 0.154. The predicted octanol–water partition coefficient (Wildman–Crippen LogP) is 3.58. The minimum absolute atomic E-state index is 0.499. The summed E-state index contributed by atoms with van der Waals surface area (Å²) >= 11 is 6.14. The molecule has 0 saturated heterocycles. The largest absolute Gasteiger partial charge is 0.486 e. The van der Waals surface area contributed by atoms with Crippen LogP contribution in [0.5, 0.6) is 11.5 Å². The molecule has 1 aliphatic heterocycles. The number of aliphatic hydroxyl groups is 1. The molecule has 0 fully saturated rings. The first-order valence-corrected chi connectivity index (χ1v) is 6.73. The SMILES string of the molecule is CC(C)CCC(O)c1cc(Cl)c2c(c1)OCCO2. The zero-order chi connectivity index (χ0) is 13.1. The molecular weight excluding hydrogens is 252 g/mol. The van der Waals surface area contributed by atoms with E-state index < -0.39 is 6.10 Å². The van der Waals surface area contributed by atoms with E-state index in [4.69, 9.17) is 21.1 Å². The predicted molar refractivity (Wildman–Crippen MR) is 71.5 cm³/mol. The molecule has 1 unspecified atom stereocenters. The zero-order valence-electron chi connectivity index (χ0n) is 10.8. The van der Waals surface area contributed by atoms with Crippen LogP contribution in [0.2, 0.25) is 5.02 Å². The number of aliphatic hydroxyl groups excluding tert-OH is 1. The van der Waals surface area contributed by atoms with Crippen LogP contribution in [0.3, 0.4) is 0 Å². The first-order chi connectivity index (χ1) is 8.58. The lowest BCUT2D eigenvalue weighted by atomic mass is 9.99. The summed E-state index contributed by atoms with van der Waals surface area (Å²) in [6.07, 6.45) is 1.21. The summed E-state index contributed by atoms with van der Waals surface area (Å²) in [4.78, 5) is 0. The van der Waals surface area contributed by atoms with Gasteiger partial charge >= 0.3 is 0 Å². The highest BCUT2D eigenvalue weighted by Gasteiger charge is 2.19. The topological polar surface area (TPSA) is 38.7 Å². The van der Waals surface area contributed by atoms with Crippen molar-refractivity contribution in [2.24, 2.45) is 5.92 Å². The molecule has 0 bridgehead atoms. The number of benzene rings is 1. The van der Waals surface area contributed by atoms with Gasteiger partial charge in [-0.15, -0.1) is 0 Å². The van der Waals surface area contributed by atoms with Gasteiger partial charge in [0.2, 0.25) is 0 Å². The van der Waals surface area contributed by atoms with Crippen LogP contribution >= 0.6 is 11.6 Å². The molecule has 0 spiro atoms. The molecule has 1 aliphatic rings. The molecule has 1 aromatic carbocycles. The van der Waals surface area contributed by atoms with Gasteiger partial charge in [0.05, 0.1) is 11.1 Å². The van der Waals surface area contributed by atoms with Gasteiger partial charge in [-0.3, -0.25) is 0 Å². The third kappa shape index (κ3) is 3.09. The van der Waals surface area contributed by atoms with E-state index in [2.05, 4.69) is 13.8 Å². The van der Waals surface area contributed by atoms with Gasteiger partial charge in [-0.2, -0.15) is 0 Å². The van der Waals surface area contributed by atoms with Gasteiger partial charge in [0, 0.05) is 0 Å². The van der Waals surface area contributed by atoms with E-state index in [1.54, 1.807) is 6.07 Å². The highest BCUT2D eigenvalue weighted by molar-refractivity contribution is 6.32. The summed E-state index contributed by atoms with van der Waals surface area (Å²) < 4.78 is 10.9. The lowest BCUT2D eigenvalue weighted by Gasteiger charge is -2.21. The van der Waals surface area contributed by atoms with Crippen molar-refractivity contribution in [1.82, 2.24) is 0 Å². The number of hydrogen-bond donors (Lipinski definition) is 1. The van der Waals surface area contributed by atoms with Crippen molar-refractivity contribution < 1.29 is 14.6 Å². The maximum atomic E-state index is 10.1. The Bertz CT molecular complexity index is 418. The van der Waals surface area contributed by atoms with Gasteiger partial charge in [-0.05, 0) is 36.5 Å². The van der Waals surface area contributed by atoms with E-state index >= 15 is 0 Å². The molecule has 0 saturated carbocycles. The molecule has 0 radical (unpaired) electrons. The molecule has 0 aromatic heterocycles. The minimum Gasteiger partial charge on any atom is -0.486 e. The molecule has 18 heavy (non-hydrogen) atoms. The Balaban J connectivity index is 2.16. The van der Waals surface area contributed by atoms with Crippen LogP contribution in [0.25, 0.3) is 0 Å². The van der Waals surface area contributed by atoms with Gasteiger partial charge in [-0.1, -0.05) is 25.4 Å². The van der Waals surface area contributed by atoms with Crippen molar-refractivity contribution in [1.29, 1.82) is 0 Å². The maximum Gasteiger partial charge on any atom is 0.179 e. The summed E-state index contributed by atoms with van der Waals surface area (Å²) in [5.74, 6) is 1.79. The van der Waals surface area contributed by atoms with E-state index in [9.17, 15) is 5.11 Å². The molecule has 3 nitrogen and oxygen atoms in total. The van der Waals surface area contributed by atoms with Crippen LogP contribution in [0, 0.1) is 5.92 Å². The molecular formula is C14H19ClO3. The molecule has 100 valence electrons. The highest BCUT2D eigenvalue weighted by Crippen LogP contribution is 2.40. The number of halogens is 1. The number of fused-ring (bicyclic) bond motifs is 1. The van der Waals surface area contributed by atoms with E-state index in [0.717, 1.165) is 18.4 Å². The summed E-state index contributed by atoms with van der Waals surface area (Å²) in [6.45, 7) is 5.32. The van der Waals surface area contributed by atoms with Crippen LogP contribution in [-0.4, -0.2) is 18.3 Å². The Morgan fingerprint density at radius 2 is 1.94 bits per heavy atom. The van der Waals surface area contributed by atoms with E-state index in [-0.39, 0.29) is 0 Å². The number of rotatable bonds is 4. The fourth-order valence-electron chi connectivity index (χ4n) is 1.98. The second-order valence-electron chi connectivity index (χ2n) is 5.01. The van der Waals surface area contributed by atoms with Crippen LogP contribution in [0.4, 0.5) is 0 Å². The third-order valence-electron chi connectivity index (χ3n) is 3.02. The van der Waals surface area contributed by atoms with E-state index in [1.165, 1.54) is 0 Å². The van der Waals surface area contributed by atoms with Crippen molar-refractivity contribution in [3.63, 3.8) is 0 Å². The van der Waals surface area contributed by atoms with E-state index in [0.29, 0.717) is 35.7 Å².